The molecule has 0 bridgehead atoms. The highest BCUT2D eigenvalue weighted by Crippen LogP contribution is 2.33. The molecule has 0 aliphatic heterocycles. The fourth-order valence-electron chi connectivity index (χ4n) is 1.91. The Balaban J connectivity index is 2.18. The van der Waals surface area contributed by atoms with E-state index in [9.17, 15) is 14.3 Å². The summed E-state index contributed by atoms with van der Waals surface area (Å²) in [6, 6.07) is 9.67. The molecule has 1 aromatic carbocycles. The summed E-state index contributed by atoms with van der Waals surface area (Å²) < 4.78 is 15.9. The first-order valence-corrected chi connectivity index (χ1v) is 7.51. The minimum Gasteiger partial charge on any atom is -0.478 e. The minimum atomic E-state index is -1.10. The SMILES string of the molecule is O=C(O)c1cn(-c2ccccc2F)nc1-c1ccc(Br)s1. The quantitative estimate of drug-likeness (QED) is 0.755. The number of benzene rings is 1. The van der Waals surface area contributed by atoms with Crippen LogP contribution in [-0.2, 0) is 0 Å². The summed E-state index contributed by atoms with van der Waals surface area (Å²) in [4.78, 5) is 12.1. The van der Waals surface area contributed by atoms with Gasteiger partial charge in [-0.05, 0) is 40.2 Å². The molecule has 0 aliphatic rings. The topological polar surface area (TPSA) is 55.1 Å². The van der Waals surface area contributed by atoms with Gasteiger partial charge in [-0.1, -0.05) is 12.1 Å². The van der Waals surface area contributed by atoms with E-state index in [0.29, 0.717) is 10.6 Å². The average Bonchev–Trinajstić information content (AvgIpc) is 3.05. The van der Waals surface area contributed by atoms with Crippen LogP contribution >= 0.6 is 27.3 Å². The van der Waals surface area contributed by atoms with E-state index in [0.717, 1.165) is 3.79 Å². The number of rotatable bonds is 3. The number of carboxylic acids is 1. The number of nitrogens with zero attached hydrogens (tertiary/aromatic N) is 2. The Morgan fingerprint density at radius 3 is 2.67 bits per heavy atom. The van der Waals surface area contributed by atoms with Crippen LogP contribution in [0.5, 0.6) is 0 Å². The van der Waals surface area contributed by atoms with Gasteiger partial charge in [0, 0.05) is 6.20 Å². The lowest BCUT2D eigenvalue weighted by atomic mass is 10.2. The molecule has 0 spiro atoms. The van der Waals surface area contributed by atoms with Gasteiger partial charge in [-0.2, -0.15) is 5.10 Å². The zero-order valence-electron chi connectivity index (χ0n) is 10.5. The van der Waals surface area contributed by atoms with Crippen LogP contribution in [0, 0.1) is 5.82 Å². The van der Waals surface area contributed by atoms with Crippen LogP contribution in [0.25, 0.3) is 16.3 Å². The lowest BCUT2D eigenvalue weighted by Crippen LogP contribution is -1.98. The van der Waals surface area contributed by atoms with Crippen LogP contribution in [0.2, 0.25) is 0 Å². The predicted molar refractivity (Wildman–Crippen MR) is 81.5 cm³/mol. The lowest BCUT2D eigenvalue weighted by molar-refractivity contribution is 0.0697. The second kappa shape index (κ2) is 5.42. The van der Waals surface area contributed by atoms with Crippen LogP contribution in [0.1, 0.15) is 10.4 Å². The number of hydrogen-bond acceptors (Lipinski definition) is 3. The molecule has 0 atom stereocenters. The molecular weight excluding hydrogens is 359 g/mol. The molecule has 7 heteroatoms. The Morgan fingerprint density at radius 1 is 1.29 bits per heavy atom. The van der Waals surface area contributed by atoms with E-state index in [-0.39, 0.29) is 11.3 Å². The number of carbonyl (C=O) groups is 1. The molecule has 0 amide bonds. The average molecular weight is 367 g/mol. The van der Waals surface area contributed by atoms with Crippen LogP contribution in [0.4, 0.5) is 4.39 Å². The lowest BCUT2D eigenvalue weighted by Gasteiger charge is -2.01. The first-order chi connectivity index (χ1) is 10.1. The summed E-state index contributed by atoms with van der Waals surface area (Å²) in [5.41, 5.74) is 0.566. The summed E-state index contributed by atoms with van der Waals surface area (Å²) >= 11 is 4.70. The van der Waals surface area contributed by atoms with Gasteiger partial charge in [0.25, 0.3) is 0 Å². The molecule has 3 aromatic rings. The van der Waals surface area contributed by atoms with Crippen molar-refractivity contribution in [2.45, 2.75) is 0 Å². The third-order valence-electron chi connectivity index (χ3n) is 2.85. The normalized spacial score (nSPS) is 10.8. The van der Waals surface area contributed by atoms with Crippen molar-refractivity contribution < 1.29 is 14.3 Å². The molecule has 4 nitrogen and oxygen atoms in total. The third-order valence-corrected chi connectivity index (χ3v) is 4.48. The molecule has 0 fully saturated rings. The first-order valence-electron chi connectivity index (χ1n) is 5.90. The number of aromatic nitrogens is 2. The van der Waals surface area contributed by atoms with E-state index in [2.05, 4.69) is 21.0 Å². The van der Waals surface area contributed by atoms with Crippen LogP contribution in [-0.4, -0.2) is 20.9 Å². The molecule has 3 rings (SSSR count). The van der Waals surface area contributed by atoms with E-state index in [1.807, 2.05) is 6.07 Å². The summed E-state index contributed by atoms with van der Waals surface area (Å²) in [6.07, 6.45) is 1.32. The van der Waals surface area contributed by atoms with Gasteiger partial charge in [-0.3, -0.25) is 0 Å². The predicted octanol–water partition coefficient (Wildman–Crippen LogP) is 4.20. The van der Waals surface area contributed by atoms with Crippen molar-refractivity contribution in [3.05, 3.63) is 57.8 Å². The van der Waals surface area contributed by atoms with E-state index in [4.69, 9.17) is 0 Å². The molecule has 0 unspecified atom stereocenters. The zero-order valence-corrected chi connectivity index (χ0v) is 12.9. The van der Waals surface area contributed by atoms with E-state index < -0.39 is 11.8 Å². The van der Waals surface area contributed by atoms with Crippen molar-refractivity contribution in [2.24, 2.45) is 0 Å². The number of hydrogen-bond donors (Lipinski definition) is 1. The third kappa shape index (κ3) is 2.62. The van der Waals surface area contributed by atoms with Gasteiger partial charge in [-0.15, -0.1) is 11.3 Å². The fraction of sp³-hybridized carbons (Fsp3) is 0. The molecule has 0 saturated carbocycles. The molecule has 0 aliphatic carbocycles. The Labute approximate surface area is 131 Å². The number of thiophene rings is 1. The number of aromatic carboxylic acids is 1. The van der Waals surface area contributed by atoms with Crippen molar-refractivity contribution >= 4 is 33.2 Å². The second-order valence-corrected chi connectivity index (χ2v) is 6.66. The molecule has 0 radical (unpaired) electrons. The maximum atomic E-state index is 13.8. The molecule has 2 aromatic heterocycles. The monoisotopic (exact) mass is 366 g/mol. The molecule has 2 heterocycles. The Hall–Kier alpha value is -1.99. The molecule has 1 N–H and O–H groups in total. The van der Waals surface area contributed by atoms with Gasteiger partial charge in [0.1, 0.15) is 22.8 Å². The van der Waals surface area contributed by atoms with Gasteiger partial charge >= 0.3 is 5.97 Å². The molecular formula is C14H8BrFN2O2S. The second-order valence-electron chi connectivity index (χ2n) is 4.20. The van der Waals surface area contributed by atoms with Crippen molar-refractivity contribution in [1.82, 2.24) is 9.78 Å². The maximum Gasteiger partial charge on any atom is 0.339 e. The van der Waals surface area contributed by atoms with E-state index >= 15 is 0 Å². The minimum absolute atomic E-state index is 0.0348. The van der Waals surface area contributed by atoms with Crippen molar-refractivity contribution in [2.75, 3.05) is 0 Å². The highest BCUT2D eigenvalue weighted by molar-refractivity contribution is 9.11. The Bertz CT molecular complexity index is 828. The number of para-hydroxylation sites is 1. The van der Waals surface area contributed by atoms with Crippen molar-refractivity contribution in [3.8, 4) is 16.3 Å². The smallest absolute Gasteiger partial charge is 0.339 e. The van der Waals surface area contributed by atoms with E-state index in [1.54, 1.807) is 24.3 Å². The molecule has 106 valence electrons. The largest absolute Gasteiger partial charge is 0.478 e. The number of halogens is 2. The van der Waals surface area contributed by atoms with Crippen molar-refractivity contribution in [1.29, 1.82) is 0 Å². The van der Waals surface area contributed by atoms with Crippen molar-refractivity contribution in [3.63, 3.8) is 0 Å². The number of carboxylic acid groups (broad SMARTS) is 1. The standard InChI is InChI=1S/C14H8BrFN2O2S/c15-12-6-5-11(21-12)13-8(14(19)20)7-18(17-13)10-4-2-1-3-9(10)16/h1-7H,(H,19,20). The molecule has 0 saturated heterocycles. The zero-order chi connectivity index (χ0) is 15.0. The summed E-state index contributed by atoms with van der Waals surface area (Å²) in [5, 5.41) is 13.5. The van der Waals surface area contributed by atoms with Gasteiger partial charge in [-0.25, -0.2) is 13.9 Å². The summed E-state index contributed by atoms with van der Waals surface area (Å²) in [6.45, 7) is 0. The Morgan fingerprint density at radius 2 is 2.05 bits per heavy atom. The highest BCUT2D eigenvalue weighted by Gasteiger charge is 2.20. The van der Waals surface area contributed by atoms with E-state index in [1.165, 1.54) is 28.3 Å². The van der Waals surface area contributed by atoms with Crippen LogP contribution in [0.3, 0.4) is 0 Å². The van der Waals surface area contributed by atoms with Gasteiger partial charge in [0.05, 0.1) is 8.66 Å². The Kier molecular flexibility index (Phi) is 3.60. The first kappa shape index (κ1) is 14.0. The fourth-order valence-corrected chi connectivity index (χ4v) is 3.30. The summed E-state index contributed by atoms with van der Waals surface area (Å²) in [7, 11) is 0. The van der Waals surface area contributed by atoms with Gasteiger partial charge in [0.2, 0.25) is 0 Å². The van der Waals surface area contributed by atoms with Crippen LogP contribution in [0.15, 0.2) is 46.4 Å². The molecule has 21 heavy (non-hydrogen) atoms. The summed E-state index contributed by atoms with van der Waals surface area (Å²) in [5.74, 6) is -1.56. The van der Waals surface area contributed by atoms with Gasteiger partial charge in [0.15, 0.2) is 0 Å². The maximum absolute atomic E-state index is 13.8. The highest BCUT2D eigenvalue weighted by atomic mass is 79.9. The van der Waals surface area contributed by atoms with Gasteiger partial charge < -0.3 is 5.11 Å². The van der Waals surface area contributed by atoms with Crippen LogP contribution < -0.4 is 0 Å².